The molecule has 0 atom stereocenters. The minimum Gasteiger partial charge on any atom is -0.246 e. The van der Waals surface area contributed by atoms with Crippen LogP contribution in [-0.2, 0) is 19.0 Å². The van der Waals surface area contributed by atoms with Crippen molar-refractivity contribution in [1.29, 1.82) is 0 Å². The van der Waals surface area contributed by atoms with Gasteiger partial charge in [0, 0.05) is 18.0 Å². The highest BCUT2D eigenvalue weighted by Crippen LogP contribution is 2.39. The molecule has 0 amide bonds. The van der Waals surface area contributed by atoms with E-state index in [9.17, 15) is 13.2 Å². The molecule has 1 aliphatic carbocycles. The Morgan fingerprint density at radius 2 is 1.38 bits per heavy atom. The molecule has 1 fully saturated rings. The molecule has 6 rings (SSSR count). The molecule has 0 bridgehead atoms. The summed E-state index contributed by atoms with van der Waals surface area (Å²) in [5.41, 5.74) is 9.52. The summed E-state index contributed by atoms with van der Waals surface area (Å²) in [5.74, 6) is 0.289. The minimum atomic E-state index is -4.29. The number of fused-ring (bicyclic) bond motifs is 2. The van der Waals surface area contributed by atoms with E-state index < -0.39 is 11.7 Å². The highest BCUT2D eigenvalue weighted by molar-refractivity contribution is 7.97. The Labute approximate surface area is 238 Å². The predicted octanol–water partition coefficient (Wildman–Crippen LogP) is 9.59. The summed E-state index contributed by atoms with van der Waals surface area (Å²) in [4.78, 5) is 1.24. The summed E-state index contributed by atoms with van der Waals surface area (Å²) < 4.78 is 41.4. The van der Waals surface area contributed by atoms with Crippen LogP contribution in [0.2, 0.25) is 0 Å². The molecule has 0 N–H and O–H groups in total. The lowest BCUT2D eigenvalue weighted by molar-refractivity contribution is -0.137. The Balaban J connectivity index is 1.25. The fourth-order valence-electron chi connectivity index (χ4n) is 5.93. The first-order valence-corrected chi connectivity index (χ1v) is 14.7. The molecule has 0 spiro atoms. The molecule has 204 valence electrons. The first-order valence-electron chi connectivity index (χ1n) is 13.9. The zero-order valence-corrected chi connectivity index (χ0v) is 23.4. The normalized spacial score (nSPS) is 16.2. The Kier molecular flexibility index (Phi) is 7.61. The van der Waals surface area contributed by atoms with Crippen LogP contribution in [0, 0.1) is 6.92 Å². The standard InChI is InChI=1S/C35H32F3NS/c1-24-10-11-29(23-33-31-8-4-2-6-27(31)12-13-28-7-3-5-9-32(28)33)34(22-24)40-39-20-18-26(19-21-39)25-14-16-30(17-15-25)35(36,37)38/h2-11,14-17,22-23,26H,12-13,18-21H2,1H3. The van der Waals surface area contributed by atoms with Crippen LogP contribution < -0.4 is 0 Å². The van der Waals surface area contributed by atoms with Crippen molar-refractivity contribution >= 4 is 23.6 Å². The number of nitrogens with zero attached hydrogens (tertiary/aromatic N) is 1. The van der Waals surface area contributed by atoms with Crippen molar-refractivity contribution in [1.82, 2.24) is 4.31 Å². The summed E-state index contributed by atoms with van der Waals surface area (Å²) in [6, 6.07) is 30.0. The van der Waals surface area contributed by atoms with Gasteiger partial charge in [0.2, 0.25) is 0 Å². The Morgan fingerprint density at radius 3 is 1.98 bits per heavy atom. The molecule has 0 unspecified atom stereocenters. The molecule has 4 aromatic carbocycles. The Bertz CT molecular complexity index is 1480. The highest BCUT2D eigenvalue weighted by atomic mass is 32.2. The van der Waals surface area contributed by atoms with Gasteiger partial charge in [0.25, 0.3) is 0 Å². The van der Waals surface area contributed by atoms with Crippen LogP contribution in [0.15, 0.2) is 95.9 Å². The largest absolute Gasteiger partial charge is 0.416 e. The fraction of sp³-hybridized carbons (Fsp3) is 0.257. The van der Waals surface area contributed by atoms with Gasteiger partial charge in [0.15, 0.2) is 0 Å². The van der Waals surface area contributed by atoms with Crippen molar-refractivity contribution in [3.63, 3.8) is 0 Å². The number of hydrogen-bond acceptors (Lipinski definition) is 2. The number of alkyl halides is 3. The van der Waals surface area contributed by atoms with Gasteiger partial charge in [-0.25, -0.2) is 4.31 Å². The predicted molar refractivity (Wildman–Crippen MR) is 159 cm³/mol. The van der Waals surface area contributed by atoms with Crippen LogP contribution in [-0.4, -0.2) is 17.4 Å². The molecular weight excluding hydrogens is 523 g/mol. The molecule has 2 aliphatic rings. The third-order valence-corrected chi connectivity index (χ3v) is 9.31. The van der Waals surface area contributed by atoms with Gasteiger partial charge in [-0.05, 0) is 119 Å². The van der Waals surface area contributed by atoms with E-state index >= 15 is 0 Å². The van der Waals surface area contributed by atoms with E-state index in [0.29, 0.717) is 0 Å². The van der Waals surface area contributed by atoms with Gasteiger partial charge < -0.3 is 0 Å². The summed E-state index contributed by atoms with van der Waals surface area (Å²) >= 11 is 1.80. The SMILES string of the molecule is Cc1ccc(C=C2c3ccccc3CCc3ccccc32)c(SN2CCC(c3ccc(C(F)(F)F)cc3)CC2)c1. The molecule has 1 nitrogen and oxygen atoms in total. The maximum Gasteiger partial charge on any atom is 0.416 e. The number of halogens is 3. The topological polar surface area (TPSA) is 3.24 Å². The molecular formula is C35H32F3NS. The fourth-order valence-corrected chi connectivity index (χ4v) is 7.07. The second kappa shape index (κ2) is 11.3. The van der Waals surface area contributed by atoms with Gasteiger partial charge in [-0.15, -0.1) is 0 Å². The number of hydrogen-bond donors (Lipinski definition) is 0. The first-order chi connectivity index (χ1) is 19.3. The average molecular weight is 556 g/mol. The van der Waals surface area contributed by atoms with Crippen LogP contribution in [0.3, 0.4) is 0 Å². The summed E-state index contributed by atoms with van der Waals surface area (Å²) in [6.45, 7) is 3.92. The summed E-state index contributed by atoms with van der Waals surface area (Å²) in [7, 11) is 0. The molecule has 0 radical (unpaired) electrons. The zero-order chi connectivity index (χ0) is 27.7. The van der Waals surface area contributed by atoms with Crippen molar-refractivity contribution in [2.45, 2.75) is 49.6 Å². The van der Waals surface area contributed by atoms with Gasteiger partial charge in [0.05, 0.1) is 5.56 Å². The molecule has 0 saturated carbocycles. The van der Waals surface area contributed by atoms with Crippen LogP contribution in [0.5, 0.6) is 0 Å². The molecule has 4 aromatic rings. The average Bonchev–Trinajstić information content (AvgIpc) is 3.11. The lowest BCUT2D eigenvalue weighted by Gasteiger charge is -2.31. The van der Waals surface area contributed by atoms with E-state index in [2.05, 4.69) is 84.0 Å². The number of rotatable bonds is 4. The van der Waals surface area contributed by atoms with Crippen LogP contribution >= 0.6 is 11.9 Å². The van der Waals surface area contributed by atoms with E-state index in [1.165, 1.54) is 56.0 Å². The number of piperidine rings is 1. The van der Waals surface area contributed by atoms with Gasteiger partial charge in [-0.3, -0.25) is 0 Å². The van der Waals surface area contributed by atoms with E-state index in [1.54, 1.807) is 24.1 Å². The highest BCUT2D eigenvalue weighted by Gasteiger charge is 2.30. The maximum absolute atomic E-state index is 13.0. The summed E-state index contributed by atoms with van der Waals surface area (Å²) in [6.07, 6.45) is 2.00. The van der Waals surface area contributed by atoms with Crippen molar-refractivity contribution in [3.05, 3.63) is 136 Å². The van der Waals surface area contributed by atoms with Crippen molar-refractivity contribution in [3.8, 4) is 0 Å². The van der Waals surface area contributed by atoms with E-state index in [-0.39, 0.29) is 5.92 Å². The van der Waals surface area contributed by atoms with Crippen LogP contribution in [0.1, 0.15) is 63.3 Å². The lowest BCUT2D eigenvalue weighted by atomic mass is 9.90. The van der Waals surface area contributed by atoms with Crippen LogP contribution in [0.25, 0.3) is 11.6 Å². The van der Waals surface area contributed by atoms with Crippen molar-refractivity contribution in [2.24, 2.45) is 0 Å². The van der Waals surface area contributed by atoms with Gasteiger partial charge in [-0.1, -0.05) is 72.8 Å². The minimum absolute atomic E-state index is 0.289. The number of aryl methyl sites for hydroxylation is 3. The molecule has 40 heavy (non-hydrogen) atoms. The van der Waals surface area contributed by atoms with E-state index in [4.69, 9.17) is 0 Å². The van der Waals surface area contributed by atoms with Gasteiger partial charge >= 0.3 is 6.18 Å². The monoisotopic (exact) mass is 555 g/mol. The van der Waals surface area contributed by atoms with Crippen LogP contribution in [0.4, 0.5) is 13.2 Å². The molecule has 0 aromatic heterocycles. The smallest absolute Gasteiger partial charge is 0.246 e. The quantitative estimate of drug-likeness (QED) is 0.231. The first kappa shape index (κ1) is 26.9. The number of benzene rings is 4. The van der Waals surface area contributed by atoms with Crippen molar-refractivity contribution < 1.29 is 13.2 Å². The molecule has 1 heterocycles. The molecule has 5 heteroatoms. The van der Waals surface area contributed by atoms with E-state index in [0.717, 1.165) is 44.3 Å². The third kappa shape index (κ3) is 5.77. The maximum atomic E-state index is 13.0. The van der Waals surface area contributed by atoms with Gasteiger partial charge in [0.1, 0.15) is 0 Å². The second-order valence-electron chi connectivity index (χ2n) is 10.8. The van der Waals surface area contributed by atoms with Gasteiger partial charge in [-0.2, -0.15) is 13.2 Å². The Hall–Kier alpha value is -3.28. The van der Waals surface area contributed by atoms with Crippen molar-refractivity contribution in [2.75, 3.05) is 13.1 Å². The second-order valence-corrected chi connectivity index (χ2v) is 12.0. The Morgan fingerprint density at radius 1 is 0.775 bits per heavy atom. The third-order valence-electron chi connectivity index (χ3n) is 8.14. The van der Waals surface area contributed by atoms with E-state index in [1.807, 2.05) is 0 Å². The summed E-state index contributed by atoms with van der Waals surface area (Å²) in [5, 5.41) is 0. The zero-order valence-electron chi connectivity index (χ0n) is 22.5. The molecule has 1 aliphatic heterocycles. The lowest BCUT2D eigenvalue weighted by Crippen LogP contribution is -2.27. The molecule has 1 saturated heterocycles.